The molecule has 2 aromatic heterocycles. The molecule has 9 heteroatoms. The van der Waals surface area contributed by atoms with Gasteiger partial charge in [-0.15, -0.1) is 0 Å². The van der Waals surface area contributed by atoms with Crippen LogP contribution in [0.2, 0.25) is 0 Å². The van der Waals surface area contributed by atoms with Crippen LogP contribution in [0.4, 0.5) is 19.0 Å². The van der Waals surface area contributed by atoms with Gasteiger partial charge in [-0.25, -0.2) is 4.79 Å². The molecule has 6 nitrogen and oxygen atoms in total. The van der Waals surface area contributed by atoms with Crippen LogP contribution in [-0.4, -0.2) is 23.7 Å². The number of nitrogens with two attached hydrogens (primary N) is 1. The van der Waals surface area contributed by atoms with Gasteiger partial charge in [0.05, 0.1) is 22.8 Å². The number of aromatic nitrogens is 1. The van der Waals surface area contributed by atoms with Gasteiger partial charge in [0.2, 0.25) is 11.1 Å². The van der Waals surface area contributed by atoms with Crippen LogP contribution in [0.25, 0.3) is 22.1 Å². The highest BCUT2D eigenvalue weighted by atomic mass is 19.4. The molecule has 1 aliphatic rings. The van der Waals surface area contributed by atoms with E-state index in [-0.39, 0.29) is 58.5 Å². The fourth-order valence-electron chi connectivity index (χ4n) is 3.33. The number of benzene rings is 1. The molecule has 0 radical (unpaired) electrons. The van der Waals surface area contributed by atoms with Crippen molar-refractivity contribution in [1.82, 2.24) is 4.98 Å². The average Bonchev–Trinajstić information content (AvgIpc) is 3.43. The van der Waals surface area contributed by atoms with E-state index in [1.807, 2.05) is 0 Å². The topological polar surface area (TPSA) is 95.4 Å². The Hall–Kier alpha value is -3.10. The summed E-state index contributed by atoms with van der Waals surface area (Å²) in [4.78, 5) is 28.8. The maximum Gasteiger partial charge on any atom is 0.398 e. The van der Waals surface area contributed by atoms with Gasteiger partial charge in [0.15, 0.2) is 0 Å². The van der Waals surface area contributed by atoms with Crippen LogP contribution in [-0.2, 0) is 10.2 Å². The summed E-state index contributed by atoms with van der Waals surface area (Å²) in [5.41, 5.74) is 3.15. The summed E-state index contributed by atoms with van der Waals surface area (Å²) in [6.07, 6.45) is -4.44. The predicted molar refractivity (Wildman–Crippen MR) is 95.1 cm³/mol. The molecule has 1 fully saturated rings. The molecule has 0 bridgehead atoms. The van der Waals surface area contributed by atoms with Crippen LogP contribution in [0.5, 0.6) is 0 Å². The van der Waals surface area contributed by atoms with Gasteiger partial charge in [0.25, 0.3) is 0 Å². The molecule has 1 aromatic carbocycles. The number of fused-ring (bicyclic) bond motifs is 2. The molecule has 28 heavy (non-hydrogen) atoms. The lowest BCUT2D eigenvalue weighted by Gasteiger charge is -2.19. The molecule has 1 aliphatic carbocycles. The molecule has 0 saturated heterocycles. The fourth-order valence-corrected chi connectivity index (χ4v) is 3.33. The highest BCUT2D eigenvalue weighted by Gasteiger charge is 2.64. The quantitative estimate of drug-likeness (QED) is 0.540. The molecule has 0 aliphatic heterocycles. The van der Waals surface area contributed by atoms with Gasteiger partial charge in [-0.1, -0.05) is 6.07 Å². The zero-order valence-corrected chi connectivity index (χ0v) is 14.7. The summed E-state index contributed by atoms with van der Waals surface area (Å²) in [7, 11) is 0. The first-order valence-electron chi connectivity index (χ1n) is 8.59. The van der Waals surface area contributed by atoms with E-state index >= 15 is 0 Å². The minimum absolute atomic E-state index is 0.0121. The first-order chi connectivity index (χ1) is 13.2. The molecule has 2 heterocycles. The Morgan fingerprint density at radius 2 is 2.00 bits per heavy atom. The number of hydrogen-bond acceptors (Lipinski definition) is 6. The number of ether oxygens (including phenoxy) is 1. The Kier molecular flexibility index (Phi) is 3.88. The van der Waals surface area contributed by atoms with Crippen LogP contribution in [0.15, 0.2) is 33.5 Å². The number of pyridine rings is 1. The van der Waals surface area contributed by atoms with Crippen molar-refractivity contribution in [2.24, 2.45) is 0 Å². The summed E-state index contributed by atoms with van der Waals surface area (Å²) >= 11 is 0. The monoisotopic (exact) mass is 392 g/mol. The van der Waals surface area contributed by atoms with Crippen molar-refractivity contribution in [2.75, 3.05) is 12.3 Å². The Morgan fingerprint density at radius 1 is 1.29 bits per heavy atom. The van der Waals surface area contributed by atoms with Crippen molar-refractivity contribution in [3.63, 3.8) is 0 Å². The Morgan fingerprint density at radius 3 is 2.61 bits per heavy atom. The number of rotatable bonds is 3. The molecular formula is C19H15F3N2O4. The second-order valence-electron chi connectivity index (χ2n) is 6.72. The minimum atomic E-state index is -4.40. The molecule has 0 unspecified atom stereocenters. The summed E-state index contributed by atoms with van der Waals surface area (Å²) < 4.78 is 50.7. The van der Waals surface area contributed by atoms with Crippen molar-refractivity contribution < 1.29 is 27.1 Å². The van der Waals surface area contributed by atoms with E-state index in [1.165, 1.54) is 24.3 Å². The van der Waals surface area contributed by atoms with E-state index in [2.05, 4.69) is 4.98 Å². The Bertz CT molecular complexity index is 1180. The SMILES string of the molecule is CCOC(=O)c1cc2c(=O)c3cc(C4(C(F)(F)F)CC4)ccc3oc2nc1N. The minimum Gasteiger partial charge on any atom is -0.462 e. The summed E-state index contributed by atoms with van der Waals surface area (Å²) in [6, 6.07) is 5.05. The second kappa shape index (κ2) is 5.95. The number of carbonyl (C=O) groups excluding carboxylic acids is 1. The third kappa shape index (κ3) is 2.61. The molecule has 0 atom stereocenters. The highest BCUT2D eigenvalue weighted by Crippen LogP contribution is 2.59. The van der Waals surface area contributed by atoms with Crippen molar-refractivity contribution in [3.8, 4) is 0 Å². The van der Waals surface area contributed by atoms with Crippen molar-refractivity contribution in [1.29, 1.82) is 0 Å². The zero-order valence-electron chi connectivity index (χ0n) is 14.7. The van der Waals surface area contributed by atoms with Crippen LogP contribution in [0.3, 0.4) is 0 Å². The number of nitrogen functional groups attached to an aromatic ring is 1. The summed E-state index contributed by atoms with van der Waals surface area (Å²) in [5.74, 6) is -0.921. The van der Waals surface area contributed by atoms with Crippen LogP contribution in [0, 0.1) is 0 Å². The average molecular weight is 392 g/mol. The van der Waals surface area contributed by atoms with Crippen molar-refractivity contribution in [2.45, 2.75) is 31.4 Å². The number of anilines is 1. The lowest BCUT2D eigenvalue weighted by molar-refractivity contribution is -0.160. The number of nitrogens with zero attached hydrogens (tertiary/aromatic N) is 1. The molecule has 146 valence electrons. The lowest BCUT2D eigenvalue weighted by Crippen LogP contribution is -2.28. The van der Waals surface area contributed by atoms with Crippen molar-refractivity contribution in [3.05, 3.63) is 45.6 Å². The second-order valence-corrected chi connectivity index (χ2v) is 6.72. The fraction of sp³-hybridized carbons (Fsp3) is 0.316. The number of hydrogen-bond donors (Lipinski definition) is 1. The van der Waals surface area contributed by atoms with Gasteiger partial charge in [-0.3, -0.25) is 4.79 Å². The van der Waals surface area contributed by atoms with Gasteiger partial charge in [0.1, 0.15) is 17.0 Å². The number of halogens is 3. The molecule has 3 aromatic rings. The van der Waals surface area contributed by atoms with E-state index in [4.69, 9.17) is 14.9 Å². The van der Waals surface area contributed by atoms with E-state index in [0.717, 1.165) is 0 Å². The molecule has 2 N–H and O–H groups in total. The van der Waals surface area contributed by atoms with Gasteiger partial charge >= 0.3 is 12.1 Å². The Labute approximate surface area is 156 Å². The van der Waals surface area contributed by atoms with Crippen LogP contribution in [0.1, 0.15) is 35.7 Å². The normalized spacial score (nSPS) is 15.7. The first-order valence-corrected chi connectivity index (χ1v) is 8.59. The third-order valence-electron chi connectivity index (χ3n) is 5.03. The van der Waals surface area contributed by atoms with Gasteiger partial charge < -0.3 is 14.9 Å². The van der Waals surface area contributed by atoms with Gasteiger partial charge in [-0.2, -0.15) is 18.2 Å². The van der Waals surface area contributed by atoms with E-state index < -0.39 is 23.0 Å². The molecule has 1 saturated carbocycles. The highest BCUT2D eigenvalue weighted by molar-refractivity contribution is 5.99. The van der Waals surface area contributed by atoms with Crippen LogP contribution >= 0.6 is 0 Å². The lowest BCUT2D eigenvalue weighted by atomic mass is 9.94. The smallest absolute Gasteiger partial charge is 0.398 e. The first kappa shape index (κ1) is 18.3. The summed E-state index contributed by atoms with van der Waals surface area (Å²) in [5, 5.41) is -0.0688. The number of alkyl halides is 3. The molecular weight excluding hydrogens is 377 g/mol. The van der Waals surface area contributed by atoms with E-state index in [9.17, 15) is 22.8 Å². The van der Waals surface area contributed by atoms with Gasteiger partial charge in [0, 0.05) is 0 Å². The maximum atomic E-state index is 13.4. The number of esters is 1. The van der Waals surface area contributed by atoms with Gasteiger partial charge in [-0.05, 0) is 43.5 Å². The maximum absolute atomic E-state index is 13.4. The zero-order chi connectivity index (χ0) is 20.3. The standard InChI is InChI=1S/C19H15F3N2O4/c1-2-27-17(26)12-8-11-14(25)10-7-9(18(5-6-18)19(20,21)22)3-4-13(10)28-16(11)24-15(12)23/h3-4,7-8H,2,5-6H2,1H3,(H2,23,24). The Balaban J connectivity index is 1.94. The molecule has 0 amide bonds. The summed E-state index contributed by atoms with van der Waals surface area (Å²) in [6.45, 7) is 1.71. The third-order valence-corrected chi connectivity index (χ3v) is 5.03. The molecule has 4 rings (SSSR count). The van der Waals surface area contributed by atoms with E-state index in [0.29, 0.717) is 0 Å². The van der Waals surface area contributed by atoms with Crippen LogP contribution < -0.4 is 11.2 Å². The largest absolute Gasteiger partial charge is 0.462 e. The number of carbonyl (C=O) groups is 1. The van der Waals surface area contributed by atoms with Crippen molar-refractivity contribution >= 4 is 33.9 Å². The van der Waals surface area contributed by atoms with E-state index in [1.54, 1.807) is 6.92 Å². The molecule has 0 spiro atoms. The predicted octanol–water partition coefficient (Wildman–Crippen LogP) is 3.69.